The van der Waals surface area contributed by atoms with E-state index in [9.17, 15) is 14.4 Å². The van der Waals surface area contributed by atoms with Gasteiger partial charge in [0.25, 0.3) is 5.91 Å². The summed E-state index contributed by atoms with van der Waals surface area (Å²) < 4.78 is 10.8. The van der Waals surface area contributed by atoms with Gasteiger partial charge in [-0.25, -0.2) is 0 Å². The molecule has 2 aliphatic rings. The molecular formula is C18H22N2O5. The van der Waals surface area contributed by atoms with Crippen molar-refractivity contribution in [2.24, 2.45) is 0 Å². The molecule has 0 spiro atoms. The summed E-state index contributed by atoms with van der Waals surface area (Å²) in [6.07, 6.45) is 1.29. The number of rotatable bonds is 4. The van der Waals surface area contributed by atoms with Crippen LogP contribution in [-0.4, -0.2) is 55.0 Å². The fourth-order valence-electron chi connectivity index (χ4n) is 3.10. The summed E-state index contributed by atoms with van der Waals surface area (Å²) in [6.45, 7) is 3.01. The minimum absolute atomic E-state index is 0.184. The minimum atomic E-state index is -0.848. The van der Waals surface area contributed by atoms with E-state index in [-0.39, 0.29) is 31.4 Å². The number of para-hydroxylation sites is 2. The number of carbonyl (C=O) groups excluding carboxylic acids is 3. The van der Waals surface area contributed by atoms with Crippen LogP contribution < -0.4 is 9.64 Å². The summed E-state index contributed by atoms with van der Waals surface area (Å²) in [5.74, 6) is -0.440. The van der Waals surface area contributed by atoms with Gasteiger partial charge in [0.1, 0.15) is 12.3 Å². The summed E-state index contributed by atoms with van der Waals surface area (Å²) in [6, 6.07) is 7.07. The van der Waals surface area contributed by atoms with E-state index in [2.05, 4.69) is 0 Å². The Bertz CT molecular complexity index is 669. The second-order valence-electron chi connectivity index (χ2n) is 6.21. The summed E-state index contributed by atoms with van der Waals surface area (Å²) in [4.78, 5) is 39.9. The van der Waals surface area contributed by atoms with Crippen LogP contribution in [-0.2, 0) is 19.1 Å². The number of fused-ring (bicyclic) bond motifs is 1. The molecule has 0 radical (unpaired) electrons. The van der Waals surface area contributed by atoms with Crippen molar-refractivity contribution in [2.45, 2.75) is 32.3 Å². The predicted molar refractivity (Wildman–Crippen MR) is 90.3 cm³/mol. The summed E-state index contributed by atoms with van der Waals surface area (Å²) in [5.41, 5.74) is 0.542. The zero-order valence-corrected chi connectivity index (χ0v) is 14.3. The van der Waals surface area contributed by atoms with Crippen LogP contribution >= 0.6 is 0 Å². The number of hydrogen-bond donors (Lipinski definition) is 0. The first-order chi connectivity index (χ1) is 12.1. The van der Waals surface area contributed by atoms with Gasteiger partial charge in [0, 0.05) is 13.1 Å². The third-order valence-corrected chi connectivity index (χ3v) is 4.39. The van der Waals surface area contributed by atoms with E-state index in [4.69, 9.17) is 9.47 Å². The quantitative estimate of drug-likeness (QED) is 0.770. The average molecular weight is 346 g/mol. The van der Waals surface area contributed by atoms with Crippen molar-refractivity contribution in [2.75, 3.05) is 31.1 Å². The van der Waals surface area contributed by atoms with Gasteiger partial charge in [-0.05, 0) is 31.9 Å². The Labute approximate surface area is 146 Å². The van der Waals surface area contributed by atoms with Gasteiger partial charge in [-0.3, -0.25) is 19.3 Å². The predicted octanol–water partition coefficient (Wildman–Crippen LogP) is 1.36. The van der Waals surface area contributed by atoms with Gasteiger partial charge in [0.15, 0.2) is 6.10 Å². The van der Waals surface area contributed by atoms with Gasteiger partial charge >= 0.3 is 5.97 Å². The fraction of sp³-hybridized carbons (Fsp3) is 0.500. The molecule has 0 N–H and O–H groups in total. The molecule has 2 aliphatic heterocycles. The lowest BCUT2D eigenvalue weighted by Crippen LogP contribution is -2.41. The van der Waals surface area contributed by atoms with Crippen molar-refractivity contribution in [3.05, 3.63) is 24.3 Å². The number of benzene rings is 1. The highest BCUT2D eigenvalue weighted by Gasteiger charge is 2.29. The Balaban J connectivity index is 1.65. The molecule has 7 nitrogen and oxygen atoms in total. The Kier molecular flexibility index (Phi) is 5.21. The van der Waals surface area contributed by atoms with Crippen LogP contribution in [0.1, 0.15) is 26.2 Å². The molecular weight excluding hydrogens is 324 g/mol. The molecule has 0 aliphatic carbocycles. The van der Waals surface area contributed by atoms with Crippen molar-refractivity contribution in [3.8, 4) is 5.75 Å². The van der Waals surface area contributed by atoms with Gasteiger partial charge in [0.2, 0.25) is 5.91 Å². The molecule has 25 heavy (non-hydrogen) atoms. The third-order valence-electron chi connectivity index (χ3n) is 4.39. The number of esters is 1. The molecule has 1 aromatic carbocycles. The normalized spacial score (nSPS) is 18.2. The smallest absolute Gasteiger partial charge is 0.326 e. The molecule has 134 valence electrons. The standard InChI is InChI=1S/C18H22N2O5/c1-13(18(23)19-9-4-5-10-19)25-17(22)12-20-14-6-2-3-7-15(14)24-11-8-16(20)21/h2-3,6-7,13H,4-5,8-12H2,1H3/t13-/m1/s1. The first-order valence-corrected chi connectivity index (χ1v) is 8.56. The molecule has 0 saturated carbocycles. The van der Waals surface area contributed by atoms with Crippen LogP contribution in [0.5, 0.6) is 5.75 Å². The Hall–Kier alpha value is -2.57. The van der Waals surface area contributed by atoms with E-state index in [1.807, 2.05) is 6.07 Å². The van der Waals surface area contributed by atoms with E-state index >= 15 is 0 Å². The van der Waals surface area contributed by atoms with E-state index in [1.54, 1.807) is 30.0 Å². The number of ether oxygens (including phenoxy) is 2. The van der Waals surface area contributed by atoms with Crippen LogP contribution in [0.3, 0.4) is 0 Å². The second-order valence-corrected chi connectivity index (χ2v) is 6.21. The van der Waals surface area contributed by atoms with Crippen LogP contribution in [0.25, 0.3) is 0 Å². The lowest BCUT2D eigenvalue weighted by Gasteiger charge is -2.23. The molecule has 1 saturated heterocycles. The highest BCUT2D eigenvalue weighted by Crippen LogP contribution is 2.30. The molecule has 0 bridgehead atoms. The highest BCUT2D eigenvalue weighted by molar-refractivity contribution is 5.99. The first kappa shape index (κ1) is 17.3. The number of carbonyl (C=O) groups is 3. The largest absolute Gasteiger partial charge is 0.491 e. The van der Waals surface area contributed by atoms with Crippen molar-refractivity contribution < 1.29 is 23.9 Å². The number of hydrogen-bond acceptors (Lipinski definition) is 5. The zero-order valence-electron chi connectivity index (χ0n) is 14.3. The summed E-state index contributed by atoms with van der Waals surface area (Å²) in [5, 5.41) is 0. The maximum atomic E-state index is 12.3. The number of nitrogens with zero attached hydrogens (tertiary/aromatic N) is 2. The van der Waals surface area contributed by atoms with Gasteiger partial charge in [-0.1, -0.05) is 12.1 Å². The van der Waals surface area contributed by atoms with Crippen LogP contribution in [0.15, 0.2) is 24.3 Å². The molecule has 1 fully saturated rings. The SMILES string of the molecule is C[C@@H](OC(=O)CN1C(=O)CCOc2ccccc21)C(=O)N1CCCC1. The van der Waals surface area contributed by atoms with Crippen molar-refractivity contribution >= 4 is 23.5 Å². The Morgan fingerprint density at radius 3 is 2.72 bits per heavy atom. The van der Waals surface area contributed by atoms with Crippen LogP contribution in [0, 0.1) is 0 Å². The maximum Gasteiger partial charge on any atom is 0.326 e. The van der Waals surface area contributed by atoms with E-state index in [0.29, 0.717) is 24.5 Å². The highest BCUT2D eigenvalue weighted by atomic mass is 16.5. The van der Waals surface area contributed by atoms with E-state index in [1.165, 1.54) is 4.90 Å². The molecule has 2 heterocycles. The molecule has 0 unspecified atom stereocenters. The maximum absolute atomic E-state index is 12.3. The van der Waals surface area contributed by atoms with Gasteiger partial charge in [-0.2, -0.15) is 0 Å². The summed E-state index contributed by atoms with van der Waals surface area (Å²) in [7, 11) is 0. The molecule has 3 rings (SSSR count). The second kappa shape index (κ2) is 7.55. The summed E-state index contributed by atoms with van der Waals surface area (Å²) >= 11 is 0. The number of amides is 2. The van der Waals surface area contributed by atoms with E-state index < -0.39 is 12.1 Å². The topological polar surface area (TPSA) is 76.1 Å². The van der Waals surface area contributed by atoms with Gasteiger partial charge in [0.05, 0.1) is 18.7 Å². The fourth-order valence-corrected chi connectivity index (χ4v) is 3.10. The zero-order chi connectivity index (χ0) is 17.8. The average Bonchev–Trinajstić information content (AvgIpc) is 3.09. The number of likely N-dealkylation sites (tertiary alicyclic amines) is 1. The van der Waals surface area contributed by atoms with Crippen molar-refractivity contribution in [1.82, 2.24) is 4.90 Å². The van der Waals surface area contributed by atoms with Gasteiger partial charge in [-0.15, -0.1) is 0 Å². The molecule has 0 aromatic heterocycles. The van der Waals surface area contributed by atoms with Crippen molar-refractivity contribution in [1.29, 1.82) is 0 Å². The molecule has 1 aromatic rings. The monoisotopic (exact) mass is 346 g/mol. The molecule has 7 heteroatoms. The lowest BCUT2D eigenvalue weighted by atomic mass is 10.2. The lowest BCUT2D eigenvalue weighted by molar-refractivity contribution is -0.157. The van der Waals surface area contributed by atoms with Gasteiger partial charge < -0.3 is 14.4 Å². The van der Waals surface area contributed by atoms with Crippen LogP contribution in [0.2, 0.25) is 0 Å². The van der Waals surface area contributed by atoms with E-state index in [0.717, 1.165) is 12.8 Å². The van der Waals surface area contributed by atoms with Crippen LogP contribution in [0.4, 0.5) is 5.69 Å². The Morgan fingerprint density at radius 1 is 1.24 bits per heavy atom. The first-order valence-electron chi connectivity index (χ1n) is 8.56. The number of anilines is 1. The molecule has 1 atom stereocenters. The Morgan fingerprint density at radius 2 is 1.96 bits per heavy atom. The minimum Gasteiger partial charge on any atom is -0.491 e. The van der Waals surface area contributed by atoms with Crippen molar-refractivity contribution in [3.63, 3.8) is 0 Å². The molecule has 2 amide bonds. The third kappa shape index (κ3) is 3.92.